The number of hydrogen-bond donors (Lipinski definition) is 0. The van der Waals surface area contributed by atoms with Gasteiger partial charge in [0.15, 0.2) is 0 Å². The van der Waals surface area contributed by atoms with Gasteiger partial charge in [-0.3, -0.25) is 9.48 Å². The van der Waals surface area contributed by atoms with E-state index >= 15 is 0 Å². The molecule has 1 amide bonds. The third-order valence-electron chi connectivity index (χ3n) is 5.11. The number of aromatic nitrogens is 2. The summed E-state index contributed by atoms with van der Waals surface area (Å²) in [5, 5.41) is 6.24. The maximum atomic E-state index is 12.8. The van der Waals surface area contributed by atoms with Gasteiger partial charge < -0.3 is 9.64 Å². The lowest BCUT2D eigenvalue weighted by atomic mass is 10.1. The van der Waals surface area contributed by atoms with Crippen molar-refractivity contribution in [1.29, 1.82) is 0 Å². The molecular weight excluding hydrogens is 370 g/mol. The first-order valence-corrected chi connectivity index (χ1v) is 10.1. The Morgan fingerprint density at radius 3 is 2.64 bits per heavy atom. The van der Waals surface area contributed by atoms with Crippen molar-refractivity contribution < 1.29 is 9.53 Å². The molecule has 3 aromatic rings. The molecule has 0 unspecified atom stereocenters. The van der Waals surface area contributed by atoms with Crippen LogP contribution in [0.1, 0.15) is 43.2 Å². The van der Waals surface area contributed by atoms with E-state index in [0.29, 0.717) is 13.2 Å². The summed E-state index contributed by atoms with van der Waals surface area (Å²) >= 11 is 1.46. The molecule has 0 N–H and O–H groups in total. The lowest BCUT2D eigenvalue weighted by Crippen LogP contribution is -2.25. The van der Waals surface area contributed by atoms with Gasteiger partial charge in [0.05, 0.1) is 11.1 Å². The van der Waals surface area contributed by atoms with Crippen molar-refractivity contribution in [1.82, 2.24) is 14.7 Å². The van der Waals surface area contributed by atoms with E-state index < -0.39 is 0 Å². The molecule has 0 radical (unpaired) electrons. The third kappa shape index (κ3) is 4.28. The van der Waals surface area contributed by atoms with Gasteiger partial charge in [-0.05, 0) is 61.9 Å². The highest BCUT2D eigenvalue weighted by Gasteiger charge is 2.17. The van der Waals surface area contributed by atoms with Crippen LogP contribution in [0.2, 0.25) is 0 Å². The maximum Gasteiger partial charge on any atom is 0.263 e. The second-order valence-electron chi connectivity index (χ2n) is 7.35. The zero-order valence-corrected chi connectivity index (χ0v) is 18.2. The number of amides is 1. The highest BCUT2D eigenvalue weighted by Crippen LogP contribution is 2.25. The van der Waals surface area contributed by atoms with Crippen molar-refractivity contribution in [2.75, 3.05) is 7.05 Å². The van der Waals surface area contributed by atoms with Gasteiger partial charge in [-0.15, -0.1) is 11.3 Å². The molecule has 2 heterocycles. The van der Waals surface area contributed by atoms with Gasteiger partial charge in [0.2, 0.25) is 0 Å². The first kappa shape index (κ1) is 20.1. The van der Waals surface area contributed by atoms with Gasteiger partial charge in [0.25, 0.3) is 5.91 Å². The van der Waals surface area contributed by atoms with Crippen LogP contribution in [0, 0.1) is 27.7 Å². The van der Waals surface area contributed by atoms with Crippen molar-refractivity contribution >= 4 is 17.2 Å². The van der Waals surface area contributed by atoms with E-state index in [0.717, 1.165) is 33.0 Å². The largest absolute Gasteiger partial charge is 0.489 e. The number of benzene rings is 1. The van der Waals surface area contributed by atoms with E-state index in [4.69, 9.17) is 4.74 Å². The highest BCUT2D eigenvalue weighted by molar-refractivity contribution is 7.12. The first-order chi connectivity index (χ1) is 13.3. The average molecular weight is 398 g/mol. The van der Waals surface area contributed by atoms with Crippen LogP contribution in [-0.2, 0) is 20.2 Å². The van der Waals surface area contributed by atoms with Crippen molar-refractivity contribution in [2.24, 2.45) is 7.05 Å². The van der Waals surface area contributed by atoms with Gasteiger partial charge >= 0.3 is 0 Å². The average Bonchev–Trinajstić information content (AvgIpc) is 3.25. The summed E-state index contributed by atoms with van der Waals surface area (Å²) in [6.07, 6.45) is 1.82. The van der Waals surface area contributed by atoms with E-state index in [1.54, 1.807) is 4.90 Å². The minimum atomic E-state index is 0.0158. The molecule has 0 fully saturated rings. The summed E-state index contributed by atoms with van der Waals surface area (Å²) in [7, 11) is 3.73. The Morgan fingerprint density at radius 2 is 1.96 bits per heavy atom. The Balaban J connectivity index is 1.65. The van der Waals surface area contributed by atoms with Gasteiger partial charge in [0.1, 0.15) is 12.4 Å². The standard InChI is InChI=1S/C22H27N3O2S/c1-14-7-15(2)16(3)20(8-14)27-12-18-9-21(28-13-18)22(26)24(5)11-19-10-23-25(6)17(19)4/h7-10,13H,11-12H2,1-6H3. The first-order valence-electron chi connectivity index (χ1n) is 9.27. The summed E-state index contributed by atoms with van der Waals surface area (Å²) in [4.78, 5) is 15.2. The van der Waals surface area contributed by atoms with Gasteiger partial charge in [-0.1, -0.05) is 6.07 Å². The minimum absolute atomic E-state index is 0.0158. The van der Waals surface area contributed by atoms with E-state index in [1.165, 1.54) is 22.5 Å². The van der Waals surface area contributed by atoms with Gasteiger partial charge in [-0.2, -0.15) is 5.10 Å². The fourth-order valence-electron chi connectivity index (χ4n) is 3.09. The predicted molar refractivity (Wildman–Crippen MR) is 113 cm³/mol. The zero-order chi connectivity index (χ0) is 20.4. The quantitative estimate of drug-likeness (QED) is 0.612. The van der Waals surface area contributed by atoms with E-state index in [1.807, 2.05) is 43.3 Å². The van der Waals surface area contributed by atoms with E-state index in [2.05, 4.69) is 38.0 Å². The molecule has 0 spiro atoms. The van der Waals surface area contributed by atoms with Gasteiger partial charge in [0, 0.05) is 37.5 Å². The molecule has 0 atom stereocenters. The lowest BCUT2D eigenvalue weighted by Gasteiger charge is -2.16. The fraction of sp³-hybridized carbons (Fsp3) is 0.364. The second-order valence-corrected chi connectivity index (χ2v) is 8.26. The van der Waals surface area contributed by atoms with Crippen LogP contribution in [0.4, 0.5) is 0 Å². The number of carbonyl (C=O) groups excluding carboxylic acids is 1. The Labute approximate surface area is 170 Å². The molecule has 6 heteroatoms. The Kier molecular flexibility index (Phi) is 5.89. The molecule has 0 aliphatic rings. The number of nitrogens with zero attached hydrogens (tertiary/aromatic N) is 3. The van der Waals surface area contributed by atoms with Crippen molar-refractivity contribution in [3.8, 4) is 5.75 Å². The summed E-state index contributed by atoms with van der Waals surface area (Å²) in [5.41, 5.74) is 6.71. The van der Waals surface area contributed by atoms with Crippen LogP contribution in [0.3, 0.4) is 0 Å². The Hall–Kier alpha value is -2.60. The minimum Gasteiger partial charge on any atom is -0.489 e. The van der Waals surface area contributed by atoms with Crippen LogP contribution in [0.5, 0.6) is 5.75 Å². The molecule has 0 bridgehead atoms. The maximum absolute atomic E-state index is 12.8. The fourth-order valence-corrected chi connectivity index (χ4v) is 3.98. The summed E-state index contributed by atoms with van der Waals surface area (Å²) in [6.45, 7) is 9.25. The normalized spacial score (nSPS) is 10.9. The highest BCUT2D eigenvalue weighted by atomic mass is 32.1. The predicted octanol–water partition coefficient (Wildman–Crippen LogP) is 4.57. The lowest BCUT2D eigenvalue weighted by molar-refractivity contribution is 0.0789. The third-order valence-corrected chi connectivity index (χ3v) is 6.08. The van der Waals surface area contributed by atoms with Crippen molar-refractivity contribution in [3.05, 3.63) is 68.2 Å². The Bertz CT molecular complexity index is 1000. The number of rotatable bonds is 6. The number of ether oxygens (including phenoxy) is 1. The van der Waals surface area contributed by atoms with Crippen LogP contribution < -0.4 is 4.74 Å². The topological polar surface area (TPSA) is 47.4 Å². The smallest absolute Gasteiger partial charge is 0.263 e. The molecule has 0 aliphatic heterocycles. The molecular formula is C22H27N3O2S. The summed E-state index contributed by atoms with van der Waals surface area (Å²) in [6, 6.07) is 6.14. The number of aryl methyl sites for hydroxylation is 3. The molecule has 148 valence electrons. The van der Waals surface area contributed by atoms with Gasteiger partial charge in [-0.25, -0.2) is 0 Å². The van der Waals surface area contributed by atoms with Crippen LogP contribution in [0.25, 0.3) is 0 Å². The second kappa shape index (κ2) is 8.19. The van der Waals surface area contributed by atoms with Crippen molar-refractivity contribution in [2.45, 2.75) is 40.8 Å². The summed E-state index contributed by atoms with van der Waals surface area (Å²) < 4.78 is 7.85. The molecule has 3 rings (SSSR count). The molecule has 5 nitrogen and oxygen atoms in total. The molecule has 0 saturated heterocycles. The summed E-state index contributed by atoms with van der Waals surface area (Å²) in [5.74, 6) is 0.919. The number of thiophene rings is 1. The van der Waals surface area contributed by atoms with Crippen LogP contribution >= 0.6 is 11.3 Å². The molecule has 2 aromatic heterocycles. The zero-order valence-electron chi connectivity index (χ0n) is 17.4. The number of carbonyl (C=O) groups is 1. The molecule has 0 saturated carbocycles. The SMILES string of the molecule is Cc1cc(C)c(C)c(OCc2csc(C(=O)N(C)Cc3cnn(C)c3C)c2)c1. The number of hydrogen-bond acceptors (Lipinski definition) is 4. The monoisotopic (exact) mass is 397 g/mol. The van der Waals surface area contributed by atoms with E-state index in [9.17, 15) is 4.79 Å². The van der Waals surface area contributed by atoms with Crippen molar-refractivity contribution in [3.63, 3.8) is 0 Å². The molecule has 0 aliphatic carbocycles. The van der Waals surface area contributed by atoms with Crippen LogP contribution in [0.15, 0.2) is 29.8 Å². The molecule has 1 aromatic carbocycles. The van der Waals surface area contributed by atoms with E-state index in [-0.39, 0.29) is 5.91 Å². The van der Waals surface area contributed by atoms with Crippen LogP contribution in [-0.4, -0.2) is 27.6 Å². The molecule has 28 heavy (non-hydrogen) atoms. The Morgan fingerprint density at radius 1 is 1.21 bits per heavy atom.